The third-order valence-electron chi connectivity index (χ3n) is 3.63. The van der Waals surface area contributed by atoms with Crippen molar-refractivity contribution in [1.29, 1.82) is 0 Å². The number of amides is 1. The number of carbonyl (C=O) groups excluding carboxylic acids is 1. The number of methoxy groups -OCH3 is 1. The van der Waals surface area contributed by atoms with Crippen LogP contribution in [-0.2, 0) is 21.3 Å². The first-order valence-corrected chi connectivity index (χ1v) is 11.7. The van der Waals surface area contributed by atoms with Gasteiger partial charge in [0.25, 0.3) is 5.91 Å². The van der Waals surface area contributed by atoms with E-state index >= 15 is 0 Å². The predicted octanol–water partition coefficient (Wildman–Crippen LogP) is 3.39. The first kappa shape index (κ1) is 21.2. The molecule has 3 aromatic rings. The zero-order chi connectivity index (χ0) is 20.9. The average molecular weight is 498 g/mol. The molecule has 1 aromatic carbocycles. The van der Waals surface area contributed by atoms with Gasteiger partial charge in [0.05, 0.1) is 19.6 Å². The Morgan fingerprint density at radius 2 is 2.21 bits per heavy atom. The van der Waals surface area contributed by atoms with E-state index in [1.807, 2.05) is 6.07 Å². The molecule has 0 fully saturated rings. The maximum absolute atomic E-state index is 12.2. The summed E-state index contributed by atoms with van der Waals surface area (Å²) in [5, 5.41) is 5.72. The van der Waals surface area contributed by atoms with Crippen molar-refractivity contribution in [2.24, 2.45) is 5.10 Å². The van der Waals surface area contributed by atoms with Gasteiger partial charge in [0.15, 0.2) is 9.84 Å². The Balaban J connectivity index is 1.61. The largest absolute Gasteiger partial charge is 0.496 e. The molecule has 0 radical (unpaired) electrons. The molecule has 0 bridgehead atoms. The molecular weight excluding hydrogens is 482 g/mol. The van der Waals surface area contributed by atoms with Crippen LogP contribution in [0, 0.1) is 0 Å². The van der Waals surface area contributed by atoms with E-state index in [9.17, 15) is 13.2 Å². The lowest BCUT2D eigenvalue weighted by molar-refractivity contribution is 0.0950. The van der Waals surface area contributed by atoms with Gasteiger partial charge < -0.3 is 9.15 Å². The third-order valence-corrected chi connectivity index (χ3v) is 6.59. The van der Waals surface area contributed by atoms with Crippen LogP contribution in [0.1, 0.15) is 26.8 Å². The van der Waals surface area contributed by atoms with Gasteiger partial charge in [-0.25, -0.2) is 18.8 Å². The number of hydrogen-bond acceptors (Lipinski definition) is 8. The normalized spacial score (nSPS) is 11.7. The highest BCUT2D eigenvalue weighted by Crippen LogP contribution is 2.21. The fourth-order valence-electron chi connectivity index (χ4n) is 2.36. The number of halogens is 1. The molecule has 0 aliphatic carbocycles. The summed E-state index contributed by atoms with van der Waals surface area (Å²) in [5.41, 5.74) is 3.14. The van der Waals surface area contributed by atoms with Crippen LogP contribution in [0.2, 0.25) is 0 Å². The molecule has 0 aliphatic heterocycles. The van der Waals surface area contributed by atoms with Gasteiger partial charge in [0.1, 0.15) is 33.7 Å². The van der Waals surface area contributed by atoms with Crippen molar-refractivity contribution in [3.63, 3.8) is 0 Å². The van der Waals surface area contributed by atoms with Gasteiger partial charge >= 0.3 is 0 Å². The monoisotopic (exact) mass is 497 g/mol. The summed E-state index contributed by atoms with van der Waals surface area (Å²) in [4.78, 5) is 16.3. The van der Waals surface area contributed by atoms with Crippen molar-refractivity contribution in [2.45, 2.75) is 11.5 Å². The van der Waals surface area contributed by atoms with Crippen LogP contribution in [0.3, 0.4) is 0 Å². The zero-order valence-electron chi connectivity index (χ0n) is 15.2. The second-order valence-electron chi connectivity index (χ2n) is 5.82. The van der Waals surface area contributed by atoms with Gasteiger partial charge in [-0.3, -0.25) is 4.79 Å². The number of hydrogen-bond donors (Lipinski definition) is 1. The van der Waals surface area contributed by atoms with E-state index in [2.05, 4.69) is 31.4 Å². The zero-order valence-corrected chi connectivity index (χ0v) is 18.4. The molecule has 1 N–H and O–H groups in total. The van der Waals surface area contributed by atoms with Crippen LogP contribution >= 0.6 is 27.3 Å². The molecule has 0 atom stereocenters. The molecule has 2 heterocycles. The fourth-order valence-corrected chi connectivity index (χ4v) is 5.24. The van der Waals surface area contributed by atoms with E-state index in [1.165, 1.54) is 25.0 Å². The number of hydrazone groups is 1. The topological polar surface area (TPSA) is 111 Å². The first-order chi connectivity index (χ1) is 13.9. The summed E-state index contributed by atoms with van der Waals surface area (Å²) in [7, 11) is -1.92. The number of furan rings is 1. The number of nitrogens with zero attached hydrogens (tertiary/aromatic N) is 2. The number of carbonyl (C=O) groups is 1. The minimum Gasteiger partial charge on any atom is -0.496 e. The minimum atomic E-state index is -3.46. The molecule has 8 nitrogen and oxygen atoms in total. The lowest BCUT2D eigenvalue weighted by Crippen LogP contribution is -2.18. The Morgan fingerprint density at radius 3 is 2.93 bits per heavy atom. The van der Waals surface area contributed by atoms with Crippen molar-refractivity contribution in [2.75, 3.05) is 7.11 Å². The van der Waals surface area contributed by atoms with E-state index in [-0.39, 0.29) is 17.2 Å². The van der Waals surface area contributed by atoms with E-state index < -0.39 is 15.7 Å². The maximum Gasteiger partial charge on any atom is 0.290 e. The van der Waals surface area contributed by atoms with Gasteiger partial charge in [-0.15, -0.1) is 11.3 Å². The standard InChI is InChI=1S/C18H16BrN3O5S2/c1-26-16-5-4-13(19)7-12(16)8-20-22-18(23)15-9-28-17(21-15)11-29(24,25)10-14-3-2-6-27-14/h2-9H,10-11H2,1H3,(H,22,23). The highest BCUT2D eigenvalue weighted by Gasteiger charge is 2.19. The van der Waals surface area contributed by atoms with Gasteiger partial charge in [-0.1, -0.05) is 15.9 Å². The van der Waals surface area contributed by atoms with Gasteiger partial charge in [0.2, 0.25) is 0 Å². The molecule has 152 valence electrons. The van der Waals surface area contributed by atoms with Crippen molar-refractivity contribution < 1.29 is 22.4 Å². The highest BCUT2D eigenvalue weighted by molar-refractivity contribution is 9.10. The second kappa shape index (κ2) is 9.33. The molecule has 0 saturated carbocycles. The van der Waals surface area contributed by atoms with Crippen molar-refractivity contribution in [3.05, 3.63) is 68.5 Å². The number of nitrogens with one attached hydrogen (secondary N) is 1. The summed E-state index contributed by atoms with van der Waals surface area (Å²) in [5.74, 6) is -0.0776. The average Bonchev–Trinajstić information content (AvgIpc) is 3.33. The highest BCUT2D eigenvalue weighted by atomic mass is 79.9. The third kappa shape index (κ3) is 5.99. The number of ether oxygens (including phenoxy) is 1. The molecule has 11 heteroatoms. The lowest BCUT2D eigenvalue weighted by Gasteiger charge is -2.04. The van der Waals surface area contributed by atoms with Crippen LogP contribution in [0.25, 0.3) is 0 Å². The molecule has 1 amide bonds. The van der Waals surface area contributed by atoms with Crippen LogP contribution in [-0.4, -0.2) is 32.6 Å². The van der Waals surface area contributed by atoms with Crippen molar-refractivity contribution >= 4 is 49.2 Å². The van der Waals surface area contributed by atoms with Gasteiger partial charge in [0, 0.05) is 15.4 Å². The summed E-state index contributed by atoms with van der Waals surface area (Å²) in [6, 6.07) is 8.60. The summed E-state index contributed by atoms with van der Waals surface area (Å²) >= 11 is 4.46. The molecule has 0 unspecified atom stereocenters. The number of thiazole rings is 1. The Labute approximate surface area is 179 Å². The molecular formula is C18H16BrN3O5S2. The van der Waals surface area contributed by atoms with Crippen LogP contribution in [0.5, 0.6) is 5.75 Å². The van der Waals surface area contributed by atoms with Crippen molar-refractivity contribution in [1.82, 2.24) is 10.4 Å². The number of benzene rings is 1. The van der Waals surface area contributed by atoms with E-state index in [0.29, 0.717) is 22.1 Å². The maximum atomic E-state index is 12.2. The molecule has 3 rings (SSSR count). The van der Waals surface area contributed by atoms with E-state index in [1.54, 1.807) is 24.3 Å². The SMILES string of the molecule is COc1ccc(Br)cc1C=NNC(=O)c1csc(CS(=O)(=O)Cc2ccco2)n1. The number of sulfone groups is 1. The Kier molecular flexibility index (Phi) is 6.83. The van der Waals surface area contributed by atoms with E-state index in [4.69, 9.17) is 9.15 Å². The minimum absolute atomic E-state index is 0.0940. The smallest absolute Gasteiger partial charge is 0.290 e. The van der Waals surface area contributed by atoms with Crippen molar-refractivity contribution in [3.8, 4) is 5.75 Å². The van der Waals surface area contributed by atoms with Gasteiger partial charge in [-0.2, -0.15) is 5.10 Å². The Bertz CT molecular complexity index is 1120. The fraction of sp³-hybridized carbons (Fsp3) is 0.167. The van der Waals surface area contributed by atoms with Gasteiger partial charge in [-0.05, 0) is 30.3 Å². The molecule has 0 saturated heterocycles. The lowest BCUT2D eigenvalue weighted by atomic mass is 10.2. The molecule has 2 aromatic heterocycles. The van der Waals surface area contributed by atoms with Crippen LogP contribution in [0.4, 0.5) is 0 Å². The number of rotatable bonds is 8. The second-order valence-corrected chi connectivity index (χ2v) is 9.75. The summed E-state index contributed by atoms with van der Waals surface area (Å²) in [6.07, 6.45) is 2.86. The van der Waals surface area contributed by atoms with Crippen LogP contribution < -0.4 is 10.2 Å². The Hall–Kier alpha value is -2.50. The molecule has 0 spiro atoms. The predicted molar refractivity (Wildman–Crippen MR) is 113 cm³/mol. The summed E-state index contributed by atoms with van der Waals surface area (Å²) < 4.78 is 35.6. The molecule has 29 heavy (non-hydrogen) atoms. The van der Waals surface area contributed by atoms with Crippen LogP contribution in [0.15, 0.2) is 56.0 Å². The summed E-state index contributed by atoms with van der Waals surface area (Å²) in [6.45, 7) is 0. The first-order valence-electron chi connectivity index (χ1n) is 8.20. The van der Waals surface area contributed by atoms with E-state index in [0.717, 1.165) is 15.8 Å². The molecule has 0 aliphatic rings. The quantitative estimate of drug-likeness (QED) is 0.377. The Morgan fingerprint density at radius 1 is 1.38 bits per heavy atom. The number of aromatic nitrogens is 1.